The topological polar surface area (TPSA) is 83.6 Å². The first-order chi connectivity index (χ1) is 3.15. The first-order valence-electron chi connectivity index (χ1n) is 1.27. The van der Waals surface area contributed by atoms with Crippen LogP contribution in [0.15, 0.2) is 12.8 Å². The molecule has 0 aromatic heterocycles. The van der Waals surface area contributed by atoms with Gasteiger partial charge in [0.1, 0.15) is 0 Å². The minimum absolute atomic E-state index is 1.25. The molecule has 0 radical (unpaired) electrons. The summed E-state index contributed by atoms with van der Waals surface area (Å²) in [6.07, 6.45) is 1.25. The molecule has 0 amide bonds. The third-order valence-corrected chi connectivity index (χ3v) is 0. The summed E-state index contributed by atoms with van der Waals surface area (Å²) in [6.45, 7) is 3.14. The Morgan fingerprint density at radius 2 is 1.71 bits per heavy atom. The van der Waals surface area contributed by atoms with Crippen LogP contribution in [0.4, 0.5) is 0 Å². The Bertz CT molecular complexity index is 60.0. The normalized spacial score (nSPS) is 6.71. The predicted octanol–water partition coefficient (Wildman–Crippen LogP) is -0.230. The second kappa shape index (κ2) is 9.15. The van der Waals surface area contributed by atoms with Crippen molar-refractivity contribution in [3.05, 3.63) is 12.8 Å². The van der Waals surface area contributed by atoms with E-state index in [1.807, 2.05) is 0 Å². The third-order valence-electron chi connectivity index (χ3n) is 0. The van der Waals surface area contributed by atoms with Crippen LogP contribution in [0.2, 0.25) is 0 Å². The Balaban J connectivity index is 0. The Morgan fingerprint density at radius 1 is 1.71 bits per heavy atom. The van der Waals surface area contributed by atoms with Gasteiger partial charge in [0.2, 0.25) is 0 Å². The molecule has 5 heteroatoms. The third kappa shape index (κ3) is 481. The van der Waals surface area contributed by atoms with Gasteiger partial charge >= 0.3 is 0 Å². The van der Waals surface area contributed by atoms with E-state index in [4.69, 9.17) is 13.3 Å². The number of rotatable bonds is 0. The van der Waals surface area contributed by atoms with Crippen LogP contribution < -0.4 is 5.73 Å². The Kier molecular flexibility index (Phi) is 12.8. The van der Waals surface area contributed by atoms with Gasteiger partial charge in [0.25, 0.3) is 11.4 Å². The molecule has 0 heterocycles. The molecule has 0 rings (SSSR count). The fraction of sp³-hybridized carbons (Fsp3) is 0. The zero-order valence-corrected chi connectivity index (χ0v) is 4.39. The zero-order chi connectivity index (χ0) is 6.28. The van der Waals surface area contributed by atoms with Crippen LogP contribution in [0.25, 0.3) is 0 Å². The highest BCUT2D eigenvalue weighted by Gasteiger charge is 1.62. The van der Waals surface area contributed by atoms with E-state index in [1.165, 1.54) is 6.20 Å². The maximum atomic E-state index is 8.67. The molecule has 0 saturated carbocycles. The van der Waals surface area contributed by atoms with Crippen molar-refractivity contribution in [1.29, 1.82) is 0 Å². The molecule has 0 bridgehead atoms. The van der Waals surface area contributed by atoms with Crippen LogP contribution in [0.3, 0.4) is 0 Å². The summed E-state index contributed by atoms with van der Waals surface area (Å²) in [5, 5.41) is 0. The van der Waals surface area contributed by atoms with Crippen LogP contribution in [0, 0.1) is 0 Å². The van der Waals surface area contributed by atoms with E-state index < -0.39 is 11.4 Å². The van der Waals surface area contributed by atoms with E-state index in [-0.39, 0.29) is 0 Å². The van der Waals surface area contributed by atoms with Gasteiger partial charge < -0.3 is 5.73 Å². The molecular formula is C2H7NO3S. The van der Waals surface area contributed by atoms with Crippen molar-refractivity contribution < 1.29 is 13.3 Å². The van der Waals surface area contributed by atoms with Gasteiger partial charge in [0.15, 0.2) is 0 Å². The lowest BCUT2D eigenvalue weighted by atomic mass is 11.1. The summed E-state index contributed by atoms with van der Waals surface area (Å²) in [5.74, 6) is 0. The second-order valence-electron chi connectivity index (χ2n) is 0.466. The average Bonchev–Trinajstić information content (AvgIpc) is 1.33. The summed E-state index contributed by atoms with van der Waals surface area (Å²) in [4.78, 5) is 0. The molecule has 0 aromatic carbocycles. The average molecular weight is 125 g/mol. The maximum absolute atomic E-state index is 8.67. The van der Waals surface area contributed by atoms with Crippen LogP contribution in [-0.4, -0.2) is 13.3 Å². The first-order valence-corrected chi connectivity index (χ1v) is 2.34. The van der Waals surface area contributed by atoms with Gasteiger partial charge in [-0.1, -0.05) is 6.58 Å². The molecule has 0 aliphatic carbocycles. The van der Waals surface area contributed by atoms with Crippen molar-refractivity contribution in [3.8, 4) is 0 Å². The fourth-order valence-corrected chi connectivity index (χ4v) is 0. The van der Waals surface area contributed by atoms with Crippen molar-refractivity contribution >= 4 is 11.4 Å². The molecule has 0 spiro atoms. The molecule has 0 aromatic rings. The van der Waals surface area contributed by atoms with Crippen LogP contribution in [0.1, 0.15) is 0 Å². The molecule has 0 aliphatic heterocycles. The quantitative estimate of drug-likeness (QED) is 0.390. The van der Waals surface area contributed by atoms with Gasteiger partial charge in [-0.25, -0.2) is 0 Å². The largest absolute Gasteiger partial charge is 0.405 e. The highest BCUT2D eigenvalue weighted by Crippen LogP contribution is 1.44. The van der Waals surface area contributed by atoms with Gasteiger partial charge in [0, 0.05) is 0 Å². The van der Waals surface area contributed by atoms with Crippen LogP contribution in [-0.2, 0) is 11.4 Å². The van der Waals surface area contributed by atoms with Crippen molar-refractivity contribution in [1.82, 2.24) is 0 Å². The van der Waals surface area contributed by atoms with Crippen LogP contribution in [0.5, 0.6) is 0 Å². The number of hydrogen-bond acceptors (Lipinski definition) is 2. The van der Waals surface area contributed by atoms with Gasteiger partial charge in [-0.2, -0.15) is 4.21 Å². The molecule has 4 nitrogen and oxygen atoms in total. The number of nitrogens with two attached hydrogens (primary N) is 1. The number of hydrogen-bond donors (Lipinski definition) is 3. The fourth-order valence-electron chi connectivity index (χ4n) is 0. The lowest BCUT2D eigenvalue weighted by Crippen LogP contribution is -1.74. The van der Waals surface area contributed by atoms with E-state index in [0.717, 1.165) is 0 Å². The highest BCUT2D eigenvalue weighted by atomic mass is 32.2. The Hall–Kier alpha value is -0.390. The molecule has 0 aliphatic rings. The second-order valence-corrected chi connectivity index (χ2v) is 0.928. The molecule has 44 valence electrons. The van der Waals surface area contributed by atoms with Crippen molar-refractivity contribution in [3.63, 3.8) is 0 Å². The summed E-state index contributed by atoms with van der Waals surface area (Å²) in [5.41, 5.74) is 4.61. The molecular weight excluding hydrogens is 118 g/mol. The van der Waals surface area contributed by atoms with E-state index in [1.54, 1.807) is 0 Å². The Labute approximate surface area is 44.1 Å². The highest BCUT2D eigenvalue weighted by molar-refractivity contribution is 7.73. The molecule has 0 unspecified atom stereocenters. The van der Waals surface area contributed by atoms with E-state index in [9.17, 15) is 0 Å². The predicted molar refractivity (Wildman–Crippen MR) is 27.8 cm³/mol. The summed E-state index contributed by atoms with van der Waals surface area (Å²) >= 11 is -2.61. The van der Waals surface area contributed by atoms with Crippen molar-refractivity contribution in [2.45, 2.75) is 0 Å². The van der Waals surface area contributed by atoms with E-state index in [0.29, 0.717) is 0 Å². The molecule has 4 N–H and O–H groups in total. The summed E-state index contributed by atoms with van der Waals surface area (Å²) in [7, 11) is 0. The summed E-state index contributed by atoms with van der Waals surface area (Å²) in [6, 6.07) is 0. The minimum Gasteiger partial charge on any atom is -0.405 e. The van der Waals surface area contributed by atoms with Crippen molar-refractivity contribution in [2.75, 3.05) is 0 Å². The molecule has 7 heavy (non-hydrogen) atoms. The van der Waals surface area contributed by atoms with Gasteiger partial charge in [-0.05, 0) is 6.20 Å². The van der Waals surface area contributed by atoms with Crippen LogP contribution >= 0.6 is 0 Å². The lowest BCUT2D eigenvalue weighted by molar-refractivity contribution is 0.454. The standard InChI is InChI=1S/C2H5N.H2O3S/c1-2-3;1-4(2)3/h2H,1,3H2;(H2,1,2,3). The summed E-state index contributed by atoms with van der Waals surface area (Å²) < 4.78 is 22.8. The van der Waals surface area contributed by atoms with Gasteiger partial charge in [0.05, 0.1) is 0 Å². The smallest absolute Gasteiger partial charge is 0.299 e. The monoisotopic (exact) mass is 125 g/mol. The van der Waals surface area contributed by atoms with Gasteiger partial charge in [-0.15, -0.1) is 0 Å². The van der Waals surface area contributed by atoms with Crippen molar-refractivity contribution in [2.24, 2.45) is 5.73 Å². The Morgan fingerprint density at radius 3 is 1.71 bits per heavy atom. The lowest BCUT2D eigenvalue weighted by Gasteiger charge is -1.59. The molecule has 0 fully saturated rings. The van der Waals surface area contributed by atoms with Gasteiger partial charge in [-0.3, -0.25) is 9.11 Å². The molecule has 0 atom stereocenters. The maximum Gasteiger partial charge on any atom is 0.299 e. The SMILES string of the molecule is C=CN.O=S(O)O. The zero-order valence-electron chi connectivity index (χ0n) is 3.57. The molecule has 0 saturated heterocycles. The minimum atomic E-state index is -2.61. The van der Waals surface area contributed by atoms with E-state index in [2.05, 4.69) is 12.3 Å². The first kappa shape index (κ1) is 9.79. The van der Waals surface area contributed by atoms with E-state index >= 15 is 0 Å².